The van der Waals surface area contributed by atoms with Crippen LogP contribution in [0.25, 0.3) is 0 Å². The lowest BCUT2D eigenvalue weighted by atomic mass is 9.76. The highest BCUT2D eigenvalue weighted by Gasteiger charge is 2.33. The van der Waals surface area contributed by atoms with Crippen molar-refractivity contribution in [3.8, 4) is 0 Å². The van der Waals surface area contributed by atoms with E-state index in [9.17, 15) is 0 Å². The lowest BCUT2D eigenvalue weighted by Gasteiger charge is -2.44. The molecule has 0 bridgehead atoms. The molecule has 0 N–H and O–H groups in total. The lowest BCUT2D eigenvalue weighted by Crippen LogP contribution is -2.49. The smallest absolute Gasteiger partial charge is 0.00240 e. The number of likely N-dealkylation sites (tertiary alicyclic amines) is 1. The van der Waals surface area contributed by atoms with Crippen molar-refractivity contribution in [1.82, 2.24) is 4.90 Å². The van der Waals surface area contributed by atoms with Gasteiger partial charge in [-0.15, -0.1) is 0 Å². The zero-order valence-corrected chi connectivity index (χ0v) is 6.94. The Bertz CT molecular complexity index is 95.6. The van der Waals surface area contributed by atoms with E-state index >= 15 is 0 Å². The first-order valence-electron chi connectivity index (χ1n) is 3.68. The third-order valence-corrected chi connectivity index (χ3v) is 2.29. The fourth-order valence-corrected chi connectivity index (χ4v) is 1.25. The molecule has 0 aliphatic carbocycles. The van der Waals surface area contributed by atoms with Gasteiger partial charge in [0, 0.05) is 13.1 Å². The van der Waals surface area contributed by atoms with Crippen LogP contribution in [0.15, 0.2) is 0 Å². The summed E-state index contributed by atoms with van der Waals surface area (Å²) in [5.74, 6) is 0.933. The third kappa shape index (κ3) is 1.45. The molecule has 0 amide bonds. The molecule has 1 heteroatoms. The van der Waals surface area contributed by atoms with Crippen LogP contribution in [0.1, 0.15) is 20.8 Å². The van der Waals surface area contributed by atoms with Gasteiger partial charge in [-0.2, -0.15) is 0 Å². The van der Waals surface area contributed by atoms with Gasteiger partial charge >= 0.3 is 0 Å². The van der Waals surface area contributed by atoms with Crippen LogP contribution >= 0.6 is 0 Å². The van der Waals surface area contributed by atoms with Gasteiger partial charge in [-0.25, -0.2) is 0 Å². The highest BCUT2D eigenvalue weighted by Crippen LogP contribution is 2.32. The summed E-state index contributed by atoms with van der Waals surface area (Å²) in [7, 11) is 2.18. The molecule has 1 heterocycles. The second kappa shape index (κ2) is 1.98. The molecule has 0 atom stereocenters. The van der Waals surface area contributed by atoms with Crippen LogP contribution in [-0.4, -0.2) is 25.0 Å². The molecule has 54 valence electrons. The Balaban J connectivity index is 2.32. The molecular formula is C8H17N. The van der Waals surface area contributed by atoms with Gasteiger partial charge in [-0.3, -0.25) is 0 Å². The van der Waals surface area contributed by atoms with Crippen LogP contribution in [-0.2, 0) is 0 Å². The number of rotatable bonds is 0. The van der Waals surface area contributed by atoms with Gasteiger partial charge in [-0.05, 0) is 18.4 Å². The van der Waals surface area contributed by atoms with E-state index in [1.807, 2.05) is 0 Å². The molecule has 0 aromatic heterocycles. The average molecular weight is 127 g/mol. The van der Waals surface area contributed by atoms with E-state index < -0.39 is 0 Å². The summed E-state index contributed by atoms with van der Waals surface area (Å²) in [6.07, 6.45) is 0. The highest BCUT2D eigenvalue weighted by molar-refractivity contribution is 4.85. The summed E-state index contributed by atoms with van der Waals surface area (Å²) in [6.45, 7) is 9.56. The Labute approximate surface area is 58.0 Å². The summed E-state index contributed by atoms with van der Waals surface area (Å²) < 4.78 is 0. The minimum atomic E-state index is 0.534. The number of nitrogens with zero attached hydrogens (tertiary/aromatic N) is 1. The van der Waals surface area contributed by atoms with Gasteiger partial charge in [0.25, 0.3) is 0 Å². The van der Waals surface area contributed by atoms with Crippen molar-refractivity contribution in [2.75, 3.05) is 20.1 Å². The third-order valence-electron chi connectivity index (χ3n) is 2.29. The zero-order valence-electron chi connectivity index (χ0n) is 6.94. The maximum Gasteiger partial charge on any atom is 0.00240 e. The molecule has 9 heavy (non-hydrogen) atoms. The monoisotopic (exact) mass is 127 g/mol. The van der Waals surface area contributed by atoms with E-state index in [0.717, 1.165) is 5.92 Å². The van der Waals surface area contributed by atoms with E-state index in [1.165, 1.54) is 13.1 Å². The molecule has 0 unspecified atom stereocenters. The summed E-state index contributed by atoms with van der Waals surface area (Å²) in [5, 5.41) is 0. The quantitative estimate of drug-likeness (QED) is 0.477. The van der Waals surface area contributed by atoms with Crippen molar-refractivity contribution in [3.63, 3.8) is 0 Å². The molecule has 0 saturated carbocycles. The van der Waals surface area contributed by atoms with Gasteiger partial charge in [0.1, 0.15) is 0 Å². The number of hydrogen-bond donors (Lipinski definition) is 0. The van der Waals surface area contributed by atoms with E-state index in [1.54, 1.807) is 0 Å². The minimum Gasteiger partial charge on any atom is -0.306 e. The van der Waals surface area contributed by atoms with Crippen molar-refractivity contribution in [2.24, 2.45) is 11.3 Å². The molecule has 0 aromatic carbocycles. The SMILES string of the molecule is CN1CC(C(C)(C)C)C1. The summed E-state index contributed by atoms with van der Waals surface area (Å²) in [4.78, 5) is 2.37. The summed E-state index contributed by atoms with van der Waals surface area (Å²) in [5.41, 5.74) is 0.534. The average Bonchev–Trinajstić information content (AvgIpc) is 1.55. The molecule has 1 nitrogen and oxygen atoms in total. The molecule has 1 rings (SSSR count). The Kier molecular flexibility index (Phi) is 1.55. The molecule has 1 fully saturated rings. The normalized spacial score (nSPS) is 24.0. The topological polar surface area (TPSA) is 3.24 Å². The molecular weight excluding hydrogens is 110 g/mol. The highest BCUT2D eigenvalue weighted by atomic mass is 15.2. The fraction of sp³-hybridized carbons (Fsp3) is 1.00. The predicted molar refractivity (Wildman–Crippen MR) is 40.4 cm³/mol. The minimum absolute atomic E-state index is 0.534. The molecule has 0 aromatic rings. The maximum absolute atomic E-state index is 2.37. The van der Waals surface area contributed by atoms with Gasteiger partial charge < -0.3 is 4.90 Å². The van der Waals surface area contributed by atoms with E-state index in [4.69, 9.17) is 0 Å². The van der Waals surface area contributed by atoms with Crippen LogP contribution < -0.4 is 0 Å². The molecule has 1 aliphatic rings. The van der Waals surface area contributed by atoms with E-state index in [2.05, 4.69) is 32.7 Å². The molecule has 0 radical (unpaired) electrons. The van der Waals surface area contributed by atoms with E-state index in [-0.39, 0.29) is 0 Å². The standard InChI is InChI=1S/C8H17N/c1-8(2,3)7-5-9(4)6-7/h7H,5-6H2,1-4H3. The Morgan fingerprint density at radius 2 is 1.67 bits per heavy atom. The second-order valence-corrected chi connectivity index (χ2v) is 4.28. The van der Waals surface area contributed by atoms with Crippen LogP contribution in [0, 0.1) is 11.3 Å². The molecule has 1 aliphatic heterocycles. The van der Waals surface area contributed by atoms with Crippen molar-refractivity contribution < 1.29 is 0 Å². The van der Waals surface area contributed by atoms with E-state index in [0.29, 0.717) is 5.41 Å². The van der Waals surface area contributed by atoms with Crippen LogP contribution in [0.3, 0.4) is 0 Å². The van der Waals surface area contributed by atoms with Crippen molar-refractivity contribution in [3.05, 3.63) is 0 Å². The first-order chi connectivity index (χ1) is 4.00. The lowest BCUT2D eigenvalue weighted by molar-refractivity contribution is 0.0459. The zero-order chi connectivity index (χ0) is 7.07. The van der Waals surface area contributed by atoms with Gasteiger partial charge in [0.15, 0.2) is 0 Å². The van der Waals surface area contributed by atoms with Gasteiger partial charge in [0.2, 0.25) is 0 Å². The fourth-order valence-electron chi connectivity index (χ4n) is 1.25. The van der Waals surface area contributed by atoms with Crippen LogP contribution in [0.4, 0.5) is 0 Å². The van der Waals surface area contributed by atoms with Gasteiger partial charge in [-0.1, -0.05) is 20.8 Å². The Morgan fingerprint density at radius 3 is 1.78 bits per heavy atom. The Hall–Kier alpha value is -0.0400. The maximum atomic E-state index is 2.37. The van der Waals surface area contributed by atoms with Crippen LogP contribution in [0.5, 0.6) is 0 Å². The number of hydrogen-bond acceptors (Lipinski definition) is 1. The van der Waals surface area contributed by atoms with Crippen LogP contribution in [0.2, 0.25) is 0 Å². The van der Waals surface area contributed by atoms with Crippen molar-refractivity contribution >= 4 is 0 Å². The summed E-state index contributed by atoms with van der Waals surface area (Å²) >= 11 is 0. The summed E-state index contributed by atoms with van der Waals surface area (Å²) in [6, 6.07) is 0. The Morgan fingerprint density at radius 1 is 1.22 bits per heavy atom. The van der Waals surface area contributed by atoms with Crippen molar-refractivity contribution in [1.29, 1.82) is 0 Å². The molecule has 1 saturated heterocycles. The molecule has 0 spiro atoms. The van der Waals surface area contributed by atoms with Crippen molar-refractivity contribution in [2.45, 2.75) is 20.8 Å². The van der Waals surface area contributed by atoms with Gasteiger partial charge in [0.05, 0.1) is 0 Å². The predicted octanol–water partition coefficient (Wildman–Crippen LogP) is 1.59. The largest absolute Gasteiger partial charge is 0.306 e. The first kappa shape index (κ1) is 7.07. The second-order valence-electron chi connectivity index (χ2n) is 4.28. The first-order valence-corrected chi connectivity index (χ1v) is 3.68.